The smallest absolute Gasteiger partial charge is 0.306 e. The van der Waals surface area contributed by atoms with E-state index < -0.39 is 5.97 Å². The van der Waals surface area contributed by atoms with Crippen molar-refractivity contribution in [1.29, 1.82) is 0 Å². The summed E-state index contributed by atoms with van der Waals surface area (Å²) in [5.41, 5.74) is 0. The molecule has 0 radical (unpaired) electrons. The van der Waals surface area contributed by atoms with Gasteiger partial charge in [0, 0.05) is 0 Å². The fourth-order valence-corrected chi connectivity index (χ4v) is 1.96. The Morgan fingerprint density at radius 3 is 2.56 bits per heavy atom. The van der Waals surface area contributed by atoms with Crippen LogP contribution in [0.1, 0.15) is 59.3 Å². The van der Waals surface area contributed by atoms with Crippen molar-refractivity contribution in [3.05, 3.63) is 12.2 Å². The van der Waals surface area contributed by atoms with E-state index in [-0.39, 0.29) is 5.92 Å². The molecule has 0 bridgehead atoms. The number of aliphatic carboxylic acids is 1. The summed E-state index contributed by atoms with van der Waals surface area (Å²) in [6, 6.07) is 0. The Balaban J connectivity index is 3.96. The molecule has 0 aromatic carbocycles. The lowest BCUT2D eigenvalue weighted by atomic mass is 9.89. The maximum Gasteiger partial charge on any atom is 0.306 e. The highest BCUT2D eigenvalue weighted by atomic mass is 16.4. The molecular weight excluding hydrogens is 200 g/mol. The molecule has 0 aliphatic rings. The summed E-state index contributed by atoms with van der Waals surface area (Å²) in [5, 5.41) is 9.12. The van der Waals surface area contributed by atoms with Crippen LogP contribution in [0.25, 0.3) is 0 Å². The lowest BCUT2D eigenvalue weighted by molar-refractivity contribution is -0.142. The van der Waals surface area contributed by atoms with E-state index in [9.17, 15) is 4.79 Å². The van der Waals surface area contributed by atoms with Crippen LogP contribution in [-0.4, -0.2) is 11.1 Å². The summed E-state index contributed by atoms with van der Waals surface area (Å²) < 4.78 is 0. The van der Waals surface area contributed by atoms with E-state index >= 15 is 0 Å². The number of rotatable bonds is 9. The van der Waals surface area contributed by atoms with Crippen LogP contribution in [-0.2, 0) is 4.79 Å². The van der Waals surface area contributed by atoms with Crippen LogP contribution < -0.4 is 0 Å². The van der Waals surface area contributed by atoms with Gasteiger partial charge in [0.25, 0.3) is 0 Å². The van der Waals surface area contributed by atoms with Crippen molar-refractivity contribution >= 4 is 5.97 Å². The highest BCUT2D eigenvalue weighted by Gasteiger charge is 2.19. The molecule has 2 heteroatoms. The van der Waals surface area contributed by atoms with Gasteiger partial charge in [0.15, 0.2) is 0 Å². The van der Waals surface area contributed by atoms with Crippen molar-refractivity contribution in [3.8, 4) is 0 Å². The number of allylic oxidation sites excluding steroid dienone is 2. The summed E-state index contributed by atoms with van der Waals surface area (Å²) >= 11 is 0. The zero-order chi connectivity index (χ0) is 12.4. The van der Waals surface area contributed by atoms with Crippen LogP contribution >= 0.6 is 0 Å². The maximum atomic E-state index is 11.1. The van der Waals surface area contributed by atoms with E-state index in [2.05, 4.69) is 13.8 Å². The van der Waals surface area contributed by atoms with Gasteiger partial charge in [0.2, 0.25) is 0 Å². The first kappa shape index (κ1) is 15.2. The van der Waals surface area contributed by atoms with Crippen LogP contribution in [0.5, 0.6) is 0 Å². The van der Waals surface area contributed by atoms with Crippen LogP contribution in [0.3, 0.4) is 0 Å². The Bertz CT molecular complexity index is 209. The van der Waals surface area contributed by atoms with Crippen molar-refractivity contribution in [2.45, 2.75) is 59.3 Å². The first-order valence-electron chi connectivity index (χ1n) is 6.45. The van der Waals surface area contributed by atoms with Gasteiger partial charge in [0.05, 0.1) is 5.92 Å². The van der Waals surface area contributed by atoms with Gasteiger partial charge in [-0.3, -0.25) is 4.79 Å². The van der Waals surface area contributed by atoms with Gasteiger partial charge in [-0.05, 0) is 32.1 Å². The summed E-state index contributed by atoms with van der Waals surface area (Å²) in [4.78, 5) is 11.1. The molecule has 1 N–H and O–H groups in total. The van der Waals surface area contributed by atoms with E-state index in [4.69, 9.17) is 5.11 Å². The third kappa shape index (κ3) is 7.49. The largest absolute Gasteiger partial charge is 0.481 e. The van der Waals surface area contributed by atoms with E-state index in [1.807, 2.05) is 19.1 Å². The summed E-state index contributed by atoms with van der Waals surface area (Å²) in [6.07, 6.45) is 10.1. The van der Waals surface area contributed by atoms with Gasteiger partial charge in [0.1, 0.15) is 0 Å². The van der Waals surface area contributed by atoms with Crippen LogP contribution in [0.4, 0.5) is 0 Å². The molecule has 0 fully saturated rings. The first-order chi connectivity index (χ1) is 7.61. The fourth-order valence-electron chi connectivity index (χ4n) is 1.96. The molecule has 0 spiro atoms. The monoisotopic (exact) mass is 226 g/mol. The average Bonchev–Trinajstić information content (AvgIpc) is 2.25. The molecular formula is C14H26O2. The topological polar surface area (TPSA) is 37.3 Å². The van der Waals surface area contributed by atoms with Crippen LogP contribution in [0.15, 0.2) is 12.2 Å². The van der Waals surface area contributed by atoms with Gasteiger partial charge < -0.3 is 5.11 Å². The molecule has 0 saturated heterocycles. The Kier molecular flexibility index (Phi) is 8.97. The van der Waals surface area contributed by atoms with Crippen molar-refractivity contribution in [3.63, 3.8) is 0 Å². The molecule has 2 nitrogen and oxygen atoms in total. The molecule has 16 heavy (non-hydrogen) atoms. The van der Waals surface area contributed by atoms with E-state index in [1.54, 1.807) is 0 Å². The lowest BCUT2D eigenvalue weighted by Crippen LogP contribution is -2.16. The number of carbonyl (C=O) groups is 1. The molecule has 0 rings (SSSR count). The Morgan fingerprint density at radius 1 is 1.38 bits per heavy atom. The number of hydrogen-bond acceptors (Lipinski definition) is 1. The summed E-state index contributed by atoms with van der Waals surface area (Å²) in [7, 11) is 0. The highest BCUT2D eigenvalue weighted by molar-refractivity contribution is 5.69. The van der Waals surface area contributed by atoms with E-state index in [0.29, 0.717) is 5.92 Å². The summed E-state index contributed by atoms with van der Waals surface area (Å²) in [5.74, 6) is -0.262. The Morgan fingerprint density at radius 2 is 2.06 bits per heavy atom. The standard InChI is InChI=1S/C14H26O2/c1-4-6-8-10-13(14(15)16)11-12(3)9-7-5-2/h4,6,12-13H,5,7-11H2,1-3H3,(H,15,16). The van der Waals surface area contributed by atoms with Gasteiger partial charge in [-0.15, -0.1) is 0 Å². The number of carboxylic acids is 1. The molecule has 0 aromatic rings. The minimum Gasteiger partial charge on any atom is -0.481 e. The Labute approximate surface area is 99.7 Å². The Hall–Kier alpha value is -0.790. The predicted molar refractivity (Wildman–Crippen MR) is 68.5 cm³/mol. The molecule has 2 atom stereocenters. The second-order valence-electron chi connectivity index (χ2n) is 4.66. The van der Waals surface area contributed by atoms with Crippen molar-refractivity contribution in [2.24, 2.45) is 11.8 Å². The zero-order valence-corrected chi connectivity index (χ0v) is 10.9. The molecule has 0 aromatic heterocycles. The lowest BCUT2D eigenvalue weighted by Gasteiger charge is -2.16. The quantitative estimate of drug-likeness (QED) is 0.596. The molecule has 0 amide bonds. The molecule has 94 valence electrons. The summed E-state index contributed by atoms with van der Waals surface area (Å²) in [6.45, 7) is 6.31. The van der Waals surface area contributed by atoms with Crippen molar-refractivity contribution in [1.82, 2.24) is 0 Å². The number of unbranched alkanes of at least 4 members (excludes halogenated alkanes) is 1. The minimum absolute atomic E-state index is 0.164. The van der Waals surface area contributed by atoms with Crippen molar-refractivity contribution < 1.29 is 9.90 Å². The third-order valence-corrected chi connectivity index (χ3v) is 3.00. The SMILES string of the molecule is CC=CCCC(CC(C)CCCC)C(=O)O. The van der Waals surface area contributed by atoms with Crippen molar-refractivity contribution in [2.75, 3.05) is 0 Å². The van der Waals surface area contributed by atoms with Gasteiger partial charge >= 0.3 is 5.97 Å². The molecule has 0 aliphatic carbocycles. The number of carboxylic acid groups (broad SMARTS) is 1. The van der Waals surface area contributed by atoms with E-state index in [1.165, 1.54) is 12.8 Å². The molecule has 0 heterocycles. The van der Waals surface area contributed by atoms with E-state index in [0.717, 1.165) is 25.7 Å². The fraction of sp³-hybridized carbons (Fsp3) is 0.786. The number of hydrogen-bond donors (Lipinski definition) is 1. The maximum absolute atomic E-state index is 11.1. The highest BCUT2D eigenvalue weighted by Crippen LogP contribution is 2.21. The third-order valence-electron chi connectivity index (χ3n) is 3.00. The molecule has 0 saturated carbocycles. The second-order valence-corrected chi connectivity index (χ2v) is 4.66. The van der Waals surface area contributed by atoms with Gasteiger partial charge in [-0.2, -0.15) is 0 Å². The zero-order valence-electron chi connectivity index (χ0n) is 10.9. The molecule has 0 aliphatic heterocycles. The molecule has 2 unspecified atom stereocenters. The first-order valence-corrected chi connectivity index (χ1v) is 6.45. The normalized spacial score (nSPS) is 15.2. The second kappa shape index (κ2) is 9.44. The minimum atomic E-state index is -0.632. The average molecular weight is 226 g/mol. The van der Waals surface area contributed by atoms with Gasteiger partial charge in [-0.25, -0.2) is 0 Å². The van der Waals surface area contributed by atoms with Crippen LogP contribution in [0, 0.1) is 11.8 Å². The predicted octanol–water partition coefficient (Wildman–Crippen LogP) is 4.26. The van der Waals surface area contributed by atoms with Gasteiger partial charge in [-0.1, -0.05) is 45.3 Å². The van der Waals surface area contributed by atoms with Crippen LogP contribution in [0.2, 0.25) is 0 Å².